The third kappa shape index (κ3) is 3.49. The molecule has 0 fully saturated rings. The Morgan fingerprint density at radius 3 is 2.25 bits per heavy atom. The van der Waals surface area contributed by atoms with Gasteiger partial charge in [0.15, 0.2) is 0 Å². The van der Waals surface area contributed by atoms with Crippen LogP contribution in [0.5, 0.6) is 0 Å². The van der Waals surface area contributed by atoms with Crippen molar-refractivity contribution in [1.29, 1.82) is 0 Å². The fourth-order valence-electron chi connectivity index (χ4n) is 2.31. The van der Waals surface area contributed by atoms with Gasteiger partial charge >= 0.3 is 6.18 Å². The number of carbonyl (C=O) groups excluding carboxylic acids is 1. The second-order valence-electron chi connectivity index (χ2n) is 5.40. The van der Waals surface area contributed by atoms with Gasteiger partial charge in [-0.25, -0.2) is 0 Å². The summed E-state index contributed by atoms with van der Waals surface area (Å²) in [6.07, 6.45) is -3.04. The number of aryl methyl sites for hydroxylation is 1. The van der Waals surface area contributed by atoms with E-state index in [0.29, 0.717) is 11.6 Å². The Kier molecular flexibility index (Phi) is 4.80. The van der Waals surface area contributed by atoms with Crippen molar-refractivity contribution in [1.82, 2.24) is 0 Å². The zero-order valence-corrected chi connectivity index (χ0v) is 12.8. The summed E-state index contributed by atoms with van der Waals surface area (Å²) in [5.74, 6) is -0.741. The van der Waals surface area contributed by atoms with Crippen LogP contribution in [0.25, 0.3) is 6.08 Å². The summed E-state index contributed by atoms with van der Waals surface area (Å²) in [5.41, 5.74) is 2.48. The second-order valence-corrected chi connectivity index (χ2v) is 5.40. The standard InChI is InChI=1S/C18H16F3NO2/c1-12-11-14(7-8-15(12)16(22)23)17(24,18(19,20)21)10-9-13-5-3-2-4-6-13/h2-11,24H,1H3,(H2,22,23). The van der Waals surface area contributed by atoms with Gasteiger partial charge < -0.3 is 10.8 Å². The van der Waals surface area contributed by atoms with Gasteiger partial charge in [-0.05, 0) is 35.8 Å². The van der Waals surface area contributed by atoms with Crippen LogP contribution < -0.4 is 5.73 Å². The van der Waals surface area contributed by atoms with Gasteiger partial charge in [-0.2, -0.15) is 13.2 Å². The molecule has 0 aromatic heterocycles. The van der Waals surface area contributed by atoms with Crippen LogP contribution in [0.3, 0.4) is 0 Å². The van der Waals surface area contributed by atoms with E-state index in [4.69, 9.17) is 5.73 Å². The van der Waals surface area contributed by atoms with E-state index in [0.717, 1.165) is 12.1 Å². The number of benzene rings is 2. The van der Waals surface area contributed by atoms with Gasteiger partial charge in [0, 0.05) is 5.56 Å². The van der Waals surface area contributed by atoms with Crippen LogP contribution in [0.1, 0.15) is 27.0 Å². The maximum Gasteiger partial charge on any atom is 0.425 e. The van der Waals surface area contributed by atoms with Gasteiger partial charge in [0.1, 0.15) is 0 Å². The van der Waals surface area contributed by atoms with E-state index in [1.807, 2.05) is 0 Å². The Balaban J connectivity index is 2.51. The summed E-state index contributed by atoms with van der Waals surface area (Å²) in [6.45, 7) is 1.46. The van der Waals surface area contributed by atoms with Crippen molar-refractivity contribution in [3.05, 3.63) is 76.9 Å². The van der Waals surface area contributed by atoms with E-state index < -0.39 is 17.7 Å². The lowest BCUT2D eigenvalue weighted by Crippen LogP contribution is -2.40. The topological polar surface area (TPSA) is 63.3 Å². The van der Waals surface area contributed by atoms with Gasteiger partial charge in [-0.15, -0.1) is 0 Å². The maximum absolute atomic E-state index is 13.5. The van der Waals surface area contributed by atoms with Crippen LogP contribution in [0.2, 0.25) is 0 Å². The number of nitrogens with two attached hydrogens (primary N) is 1. The molecule has 3 N–H and O–H groups in total. The largest absolute Gasteiger partial charge is 0.425 e. The van der Waals surface area contributed by atoms with Crippen LogP contribution in [0.15, 0.2) is 54.6 Å². The molecular formula is C18H16F3NO2. The van der Waals surface area contributed by atoms with Crippen LogP contribution in [-0.2, 0) is 5.60 Å². The highest BCUT2D eigenvalue weighted by Crippen LogP contribution is 2.41. The van der Waals surface area contributed by atoms with Gasteiger partial charge in [-0.3, -0.25) is 4.79 Å². The van der Waals surface area contributed by atoms with E-state index in [9.17, 15) is 23.1 Å². The molecule has 0 aliphatic rings. The predicted molar refractivity (Wildman–Crippen MR) is 85.1 cm³/mol. The molecule has 0 heterocycles. The van der Waals surface area contributed by atoms with Gasteiger partial charge in [0.25, 0.3) is 0 Å². The monoisotopic (exact) mass is 335 g/mol. The predicted octanol–water partition coefficient (Wildman–Crippen LogP) is 3.56. The number of halogens is 3. The average molecular weight is 335 g/mol. The Bertz CT molecular complexity index is 770. The maximum atomic E-state index is 13.5. The molecule has 2 aromatic carbocycles. The molecule has 0 spiro atoms. The lowest BCUT2D eigenvalue weighted by atomic mass is 9.89. The molecule has 2 aromatic rings. The smallest absolute Gasteiger partial charge is 0.373 e. The summed E-state index contributed by atoms with van der Waals surface area (Å²) in [4.78, 5) is 11.2. The highest BCUT2D eigenvalue weighted by Gasteiger charge is 2.53. The zero-order valence-electron chi connectivity index (χ0n) is 12.8. The summed E-state index contributed by atoms with van der Waals surface area (Å²) < 4.78 is 40.5. The summed E-state index contributed by atoms with van der Waals surface area (Å²) in [6, 6.07) is 11.7. The minimum absolute atomic E-state index is 0.107. The van der Waals surface area contributed by atoms with Crippen molar-refractivity contribution in [2.75, 3.05) is 0 Å². The van der Waals surface area contributed by atoms with Crippen molar-refractivity contribution >= 4 is 12.0 Å². The average Bonchev–Trinajstić information content (AvgIpc) is 2.52. The molecule has 0 saturated carbocycles. The molecule has 1 unspecified atom stereocenters. The number of amides is 1. The molecule has 6 heteroatoms. The second kappa shape index (κ2) is 6.49. The Morgan fingerprint density at radius 2 is 1.75 bits per heavy atom. The lowest BCUT2D eigenvalue weighted by molar-refractivity contribution is -0.244. The first-order chi connectivity index (χ1) is 11.1. The first-order valence-corrected chi connectivity index (χ1v) is 7.09. The molecule has 126 valence electrons. The molecule has 0 aliphatic heterocycles. The molecule has 2 rings (SSSR count). The van der Waals surface area contributed by atoms with Gasteiger partial charge in [0.2, 0.25) is 11.5 Å². The van der Waals surface area contributed by atoms with E-state index in [1.165, 1.54) is 19.1 Å². The van der Waals surface area contributed by atoms with Gasteiger partial charge in [0.05, 0.1) is 0 Å². The molecule has 0 saturated heterocycles. The molecule has 1 amide bonds. The minimum atomic E-state index is -4.93. The quantitative estimate of drug-likeness (QED) is 0.897. The lowest BCUT2D eigenvalue weighted by Gasteiger charge is -2.28. The Hall–Kier alpha value is -2.60. The fourth-order valence-corrected chi connectivity index (χ4v) is 2.31. The highest BCUT2D eigenvalue weighted by atomic mass is 19.4. The van der Waals surface area contributed by atoms with Crippen LogP contribution in [-0.4, -0.2) is 17.2 Å². The number of carbonyl (C=O) groups is 1. The molecule has 0 radical (unpaired) electrons. The highest BCUT2D eigenvalue weighted by molar-refractivity contribution is 5.94. The number of hydrogen-bond donors (Lipinski definition) is 2. The minimum Gasteiger partial charge on any atom is -0.373 e. The SMILES string of the molecule is Cc1cc(C(O)(C=Cc2ccccc2)C(F)(F)F)ccc1C(N)=O. The summed E-state index contributed by atoms with van der Waals surface area (Å²) in [7, 11) is 0. The molecule has 3 nitrogen and oxygen atoms in total. The van der Waals surface area contributed by atoms with E-state index in [2.05, 4.69) is 0 Å². The third-order valence-electron chi connectivity index (χ3n) is 3.68. The molecule has 1 atom stereocenters. The normalized spacial score (nSPS) is 14.5. The molecule has 0 aliphatic carbocycles. The first-order valence-electron chi connectivity index (χ1n) is 7.09. The van der Waals surface area contributed by atoms with Crippen LogP contribution >= 0.6 is 0 Å². The zero-order chi connectivity index (χ0) is 18.0. The van der Waals surface area contributed by atoms with E-state index in [-0.39, 0.29) is 16.7 Å². The van der Waals surface area contributed by atoms with Crippen molar-refractivity contribution in [3.63, 3.8) is 0 Å². The Morgan fingerprint density at radius 1 is 1.12 bits per heavy atom. The van der Waals surface area contributed by atoms with Crippen molar-refractivity contribution in [2.45, 2.75) is 18.7 Å². The number of alkyl halides is 3. The number of primary amides is 1. The van der Waals surface area contributed by atoms with Crippen molar-refractivity contribution in [3.8, 4) is 0 Å². The molecular weight excluding hydrogens is 319 g/mol. The van der Waals surface area contributed by atoms with Crippen LogP contribution in [0, 0.1) is 6.92 Å². The van der Waals surface area contributed by atoms with E-state index in [1.54, 1.807) is 30.3 Å². The third-order valence-corrected chi connectivity index (χ3v) is 3.68. The fraction of sp³-hybridized carbons (Fsp3) is 0.167. The van der Waals surface area contributed by atoms with Crippen LogP contribution in [0.4, 0.5) is 13.2 Å². The number of rotatable bonds is 4. The molecule has 24 heavy (non-hydrogen) atoms. The van der Waals surface area contributed by atoms with E-state index >= 15 is 0 Å². The van der Waals surface area contributed by atoms with Crippen molar-refractivity contribution < 1.29 is 23.1 Å². The number of aliphatic hydroxyl groups is 1. The molecule has 0 bridgehead atoms. The van der Waals surface area contributed by atoms with Gasteiger partial charge in [-0.1, -0.05) is 48.5 Å². The van der Waals surface area contributed by atoms with Crippen molar-refractivity contribution in [2.24, 2.45) is 5.73 Å². The summed E-state index contributed by atoms with van der Waals surface area (Å²) in [5, 5.41) is 10.3. The first kappa shape index (κ1) is 17.7. The Labute approximate surface area is 137 Å². The number of hydrogen-bond acceptors (Lipinski definition) is 2. The summed E-state index contributed by atoms with van der Waals surface area (Å²) >= 11 is 0.